The highest BCUT2D eigenvalue weighted by Crippen LogP contribution is 2.25. The molecule has 0 fully saturated rings. The van der Waals surface area contributed by atoms with Gasteiger partial charge in [-0.25, -0.2) is 4.79 Å². The average Bonchev–Trinajstić information content (AvgIpc) is 2.61. The Kier molecular flexibility index (Phi) is 6.69. The SMILES string of the molecule is COc1ccc([C@@H](CC(C)C)NC(=O)Nc2ccccc2OC)cc1. The lowest BCUT2D eigenvalue weighted by Crippen LogP contribution is -2.33. The predicted molar refractivity (Wildman–Crippen MR) is 100 cm³/mol. The highest BCUT2D eigenvalue weighted by Gasteiger charge is 2.17. The fourth-order valence-corrected chi connectivity index (χ4v) is 2.65. The van der Waals surface area contributed by atoms with Gasteiger partial charge < -0.3 is 20.1 Å². The summed E-state index contributed by atoms with van der Waals surface area (Å²) in [4.78, 5) is 12.5. The Morgan fingerprint density at radius 3 is 2.28 bits per heavy atom. The fourth-order valence-electron chi connectivity index (χ4n) is 2.65. The van der Waals surface area contributed by atoms with E-state index in [1.165, 1.54) is 0 Å². The highest BCUT2D eigenvalue weighted by atomic mass is 16.5. The zero-order valence-electron chi connectivity index (χ0n) is 15.2. The van der Waals surface area contributed by atoms with Crippen LogP contribution in [0.15, 0.2) is 48.5 Å². The lowest BCUT2D eigenvalue weighted by molar-refractivity contribution is 0.246. The molecule has 0 spiro atoms. The molecule has 2 rings (SSSR count). The van der Waals surface area contributed by atoms with E-state index in [0.29, 0.717) is 17.4 Å². The van der Waals surface area contributed by atoms with Crippen LogP contribution in [-0.4, -0.2) is 20.3 Å². The number of para-hydroxylation sites is 2. The molecule has 0 unspecified atom stereocenters. The summed E-state index contributed by atoms with van der Waals surface area (Å²) in [5.41, 5.74) is 1.69. The number of urea groups is 1. The molecule has 0 aliphatic rings. The van der Waals surface area contributed by atoms with Gasteiger partial charge in [0.1, 0.15) is 11.5 Å². The third-order valence-corrected chi connectivity index (χ3v) is 3.89. The smallest absolute Gasteiger partial charge is 0.319 e. The van der Waals surface area contributed by atoms with E-state index in [4.69, 9.17) is 9.47 Å². The van der Waals surface area contributed by atoms with Gasteiger partial charge in [-0.2, -0.15) is 0 Å². The number of nitrogens with one attached hydrogen (secondary N) is 2. The van der Waals surface area contributed by atoms with Crippen LogP contribution < -0.4 is 20.1 Å². The first-order valence-electron chi connectivity index (χ1n) is 8.38. The summed E-state index contributed by atoms with van der Waals surface area (Å²) in [6.45, 7) is 4.27. The first-order chi connectivity index (χ1) is 12.0. The second-order valence-corrected chi connectivity index (χ2v) is 6.25. The predicted octanol–water partition coefficient (Wildman–Crippen LogP) is 4.61. The van der Waals surface area contributed by atoms with Crippen molar-refractivity contribution in [2.75, 3.05) is 19.5 Å². The lowest BCUT2D eigenvalue weighted by atomic mass is 9.97. The molecule has 1 atom stereocenters. The van der Waals surface area contributed by atoms with Gasteiger partial charge >= 0.3 is 6.03 Å². The molecule has 2 aromatic rings. The Morgan fingerprint density at radius 1 is 1.00 bits per heavy atom. The van der Waals surface area contributed by atoms with Crippen LogP contribution in [0.25, 0.3) is 0 Å². The summed E-state index contributed by atoms with van der Waals surface area (Å²) in [6, 6.07) is 14.8. The van der Waals surface area contributed by atoms with Crippen molar-refractivity contribution in [1.29, 1.82) is 0 Å². The van der Waals surface area contributed by atoms with E-state index in [1.807, 2.05) is 48.5 Å². The average molecular weight is 342 g/mol. The Morgan fingerprint density at radius 2 is 1.68 bits per heavy atom. The molecule has 0 aliphatic carbocycles. The molecule has 0 saturated heterocycles. The number of carbonyl (C=O) groups is 1. The standard InChI is InChI=1S/C20H26N2O3/c1-14(2)13-18(15-9-11-16(24-3)12-10-15)22-20(23)21-17-7-5-6-8-19(17)25-4/h5-12,14,18H,13H2,1-4H3,(H2,21,22,23)/t18-/m1/s1. The van der Waals surface area contributed by atoms with Crippen molar-refractivity contribution in [2.24, 2.45) is 5.92 Å². The largest absolute Gasteiger partial charge is 0.497 e. The normalized spacial score (nSPS) is 11.7. The van der Waals surface area contributed by atoms with Crippen LogP contribution in [0.1, 0.15) is 31.9 Å². The van der Waals surface area contributed by atoms with Crippen LogP contribution in [-0.2, 0) is 0 Å². The number of hydrogen-bond acceptors (Lipinski definition) is 3. The van der Waals surface area contributed by atoms with E-state index >= 15 is 0 Å². The summed E-state index contributed by atoms with van der Waals surface area (Å²) in [5, 5.41) is 5.91. The number of anilines is 1. The molecule has 0 heterocycles. The highest BCUT2D eigenvalue weighted by molar-refractivity contribution is 5.91. The minimum Gasteiger partial charge on any atom is -0.497 e. The molecule has 2 amide bonds. The molecule has 0 radical (unpaired) electrons. The van der Waals surface area contributed by atoms with Gasteiger partial charge in [0.15, 0.2) is 0 Å². The number of carbonyl (C=O) groups excluding carboxylic acids is 1. The van der Waals surface area contributed by atoms with Crippen molar-refractivity contribution < 1.29 is 14.3 Å². The van der Waals surface area contributed by atoms with Crippen molar-refractivity contribution in [3.05, 3.63) is 54.1 Å². The molecule has 5 nitrogen and oxygen atoms in total. The molecule has 0 bridgehead atoms. The zero-order valence-corrected chi connectivity index (χ0v) is 15.2. The minimum atomic E-state index is -0.258. The van der Waals surface area contributed by atoms with E-state index < -0.39 is 0 Å². The van der Waals surface area contributed by atoms with Crippen LogP contribution in [0.5, 0.6) is 11.5 Å². The molecule has 0 saturated carbocycles. The number of hydrogen-bond donors (Lipinski definition) is 2. The molecular formula is C20H26N2O3. The van der Waals surface area contributed by atoms with Crippen LogP contribution in [0.2, 0.25) is 0 Å². The van der Waals surface area contributed by atoms with E-state index in [2.05, 4.69) is 24.5 Å². The van der Waals surface area contributed by atoms with Crippen molar-refractivity contribution in [3.8, 4) is 11.5 Å². The summed E-state index contributed by atoms with van der Waals surface area (Å²) in [5.74, 6) is 1.87. The van der Waals surface area contributed by atoms with E-state index in [-0.39, 0.29) is 12.1 Å². The Labute approximate surface area is 149 Å². The molecule has 2 N–H and O–H groups in total. The minimum absolute atomic E-state index is 0.0828. The number of amides is 2. The Balaban J connectivity index is 2.11. The topological polar surface area (TPSA) is 59.6 Å². The second kappa shape index (κ2) is 8.97. The number of methoxy groups -OCH3 is 2. The van der Waals surface area contributed by atoms with Crippen LogP contribution in [0.4, 0.5) is 10.5 Å². The van der Waals surface area contributed by atoms with Crippen LogP contribution in [0.3, 0.4) is 0 Å². The van der Waals surface area contributed by atoms with Gasteiger partial charge in [-0.1, -0.05) is 38.1 Å². The zero-order chi connectivity index (χ0) is 18.2. The van der Waals surface area contributed by atoms with Gasteiger partial charge in [0.2, 0.25) is 0 Å². The Hall–Kier alpha value is -2.69. The maximum atomic E-state index is 12.5. The van der Waals surface area contributed by atoms with Crippen LogP contribution >= 0.6 is 0 Å². The van der Waals surface area contributed by atoms with Crippen molar-refractivity contribution in [3.63, 3.8) is 0 Å². The molecular weight excluding hydrogens is 316 g/mol. The fraction of sp³-hybridized carbons (Fsp3) is 0.350. The van der Waals surface area contributed by atoms with Gasteiger partial charge in [0, 0.05) is 0 Å². The summed E-state index contributed by atoms with van der Waals surface area (Å²) < 4.78 is 10.5. The maximum Gasteiger partial charge on any atom is 0.319 e. The van der Waals surface area contributed by atoms with Gasteiger partial charge in [0.25, 0.3) is 0 Å². The molecule has 0 aromatic heterocycles. The van der Waals surface area contributed by atoms with Gasteiger partial charge in [-0.15, -0.1) is 0 Å². The van der Waals surface area contributed by atoms with E-state index in [9.17, 15) is 4.79 Å². The summed E-state index contributed by atoms with van der Waals surface area (Å²) in [6.07, 6.45) is 0.839. The second-order valence-electron chi connectivity index (χ2n) is 6.25. The maximum absolute atomic E-state index is 12.5. The molecule has 0 aliphatic heterocycles. The number of rotatable bonds is 7. The van der Waals surface area contributed by atoms with Gasteiger partial charge in [-0.05, 0) is 42.2 Å². The van der Waals surface area contributed by atoms with E-state index in [1.54, 1.807) is 14.2 Å². The van der Waals surface area contributed by atoms with Crippen molar-refractivity contribution in [1.82, 2.24) is 5.32 Å². The quantitative estimate of drug-likeness (QED) is 0.772. The Bertz CT molecular complexity index is 684. The number of ether oxygens (including phenoxy) is 2. The third kappa shape index (κ3) is 5.41. The van der Waals surface area contributed by atoms with Crippen molar-refractivity contribution >= 4 is 11.7 Å². The molecule has 2 aromatic carbocycles. The molecule has 134 valence electrons. The molecule has 25 heavy (non-hydrogen) atoms. The van der Waals surface area contributed by atoms with Gasteiger partial charge in [-0.3, -0.25) is 0 Å². The summed E-state index contributed by atoms with van der Waals surface area (Å²) >= 11 is 0. The van der Waals surface area contributed by atoms with Gasteiger partial charge in [0.05, 0.1) is 25.9 Å². The first kappa shape index (κ1) is 18.6. The van der Waals surface area contributed by atoms with Crippen LogP contribution in [0, 0.1) is 5.92 Å². The summed E-state index contributed by atoms with van der Waals surface area (Å²) in [7, 11) is 3.22. The molecule has 5 heteroatoms. The number of benzene rings is 2. The third-order valence-electron chi connectivity index (χ3n) is 3.89. The first-order valence-corrected chi connectivity index (χ1v) is 8.38. The monoisotopic (exact) mass is 342 g/mol. The van der Waals surface area contributed by atoms with Crippen molar-refractivity contribution in [2.45, 2.75) is 26.3 Å². The van der Waals surface area contributed by atoms with E-state index in [0.717, 1.165) is 17.7 Å². The lowest BCUT2D eigenvalue weighted by Gasteiger charge is -2.22.